The topological polar surface area (TPSA) is 279 Å². The molecule has 79 heavy (non-hydrogen) atoms. The van der Waals surface area contributed by atoms with Crippen LogP contribution in [0.25, 0.3) is 0 Å². The maximum Gasteiger partial charge on any atom is 0.275 e. The van der Waals surface area contributed by atoms with Gasteiger partial charge in [0.2, 0.25) is 11.7 Å². The molecule has 1 aromatic heterocycles. The number of aromatic nitrogens is 1. The molecule has 3 saturated heterocycles. The highest BCUT2D eigenvalue weighted by Gasteiger charge is 2.55. The van der Waals surface area contributed by atoms with E-state index >= 15 is 0 Å². The molecule has 0 saturated carbocycles. The number of ether oxygens (including phenoxy) is 9. The lowest BCUT2D eigenvalue weighted by Crippen LogP contribution is -2.55. The molecule has 0 bridgehead atoms. The highest BCUT2D eigenvalue weighted by atomic mass is 79.9. The van der Waals surface area contributed by atoms with Crippen molar-refractivity contribution in [3.05, 3.63) is 110 Å². The number of fused-ring (bicyclic) bond motifs is 6. The zero-order valence-electron chi connectivity index (χ0n) is 43.7. The van der Waals surface area contributed by atoms with E-state index in [4.69, 9.17) is 47.5 Å². The quantitative estimate of drug-likeness (QED) is 0.0249. The molecular weight excluding hydrogens is 1160 g/mol. The van der Waals surface area contributed by atoms with Crippen LogP contribution in [0.1, 0.15) is 97.8 Å². The summed E-state index contributed by atoms with van der Waals surface area (Å²) < 4.78 is 52.9. The molecule has 24 heteroatoms. The Balaban J connectivity index is 0.777. The lowest BCUT2D eigenvalue weighted by molar-refractivity contribution is -0.256. The number of phenols is 2. The predicted molar refractivity (Wildman–Crippen MR) is 284 cm³/mol. The van der Waals surface area contributed by atoms with Gasteiger partial charge < -0.3 is 63.3 Å². The fraction of sp³-hybridized carbons (Fsp3) is 0.491. The highest BCUT2D eigenvalue weighted by Crippen LogP contribution is 2.53. The van der Waals surface area contributed by atoms with E-state index in [2.05, 4.69) is 52.5 Å². The van der Waals surface area contributed by atoms with Crippen LogP contribution in [0.2, 0.25) is 0 Å². The maximum absolute atomic E-state index is 14.3. The number of amides is 2. The van der Waals surface area contributed by atoms with Gasteiger partial charge in [0.05, 0.1) is 93.6 Å². The molecule has 424 valence electrons. The van der Waals surface area contributed by atoms with E-state index in [1.807, 2.05) is 19.1 Å². The Labute approximate surface area is 471 Å². The summed E-state index contributed by atoms with van der Waals surface area (Å²) in [6.45, 7) is 3.86. The average molecular weight is 1230 g/mol. The van der Waals surface area contributed by atoms with Crippen LogP contribution in [0.4, 0.5) is 0 Å². The van der Waals surface area contributed by atoms with Crippen LogP contribution in [-0.2, 0) is 82.5 Å². The second kappa shape index (κ2) is 26.0. The number of hydrogen-bond acceptors (Lipinski definition) is 20. The van der Waals surface area contributed by atoms with Gasteiger partial charge in [-0.2, -0.15) is 0 Å². The Bertz CT molecular complexity index is 2890. The Hall–Kier alpha value is -5.48. The van der Waals surface area contributed by atoms with Crippen LogP contribution in [0.5, 0.6) is 23.0 Å². The van der Waals surface area contributed by atoms with Gasteiger partial charge in [-0.1, -0.05) is 68.3 Å². The van der Waals surface area contributed by atoms with Gasteiger partial charge in [0, 0.05) is 91.3 Å². The van der Waals surface area contributed by atoms with Gasteiger partial charge in [-0.25, -0.2) is 5.48 Å². The van der Waals surface area contributed by atoms with Crippen molar-refractivity contribution < 1.29 is 86.8 Å². The number of carbonyl (C=O) groups excluding carboxylic acids is 5. The Morgan fingerprint density at radius 3 is 2.32 bits per heavy atom. The normalized spacial score (nSPS) is 24.2. The molecule has 0 unspecified atom stereocenters. The summed E-state index contributed by atoms with van der Waals surface area (Å²) in [4.78, 5) is 79.8. The molecule has 3 aliphatic heterocycles. The molecular formula is C55H62Br2N4O18. The number of methoxy groups -OCH3 is 2. The molecule has 3 fully saturated rings. The number of aromatic hydroxyl groups is 2. The second-order valence-electron chi connectivity index (χ2n) is 19.6. The van der Waals surface area contributed by atoms with Crippen LogP contribution in [-0.4, -0.2) is 164 Å². The van der Waals surface area contributed by atoms with Crippen LogP contribution in [0.3, 0.4) is 0 Å². The van der Waals surface area contributed by atoms with Crippen LogP contribution < -0.4 is 20.3 Å². The van der Waals surface area contributed by atoms with Crippen molar-refractivity contribution in [2.45, 2.75) is 105 Å². The number of halogens is 2. The third-order valence-corrected chi connectivity index (χ3v) is 15.6. The van der Waals surface area contributed by atoms with Crippen molar-refractivity contribution in [1.29, 1.82) is 0 Å². The summed E-state index contributed by atoms with van der Waals surface area (Å²) in [7, 11) is 2.87. The molecule has 2 aliphatic carbocycles. The summed E-state index contributed by atoms with van der Waals surface area (Å²) in [5.41, 5.74) is 1.50. The van der Waals surface area contributed by atoms with Gasteiger partial charge in [0.25, 0.3) is 5.91 Å². The zero-order chi connectivity index (χ0) is 56.0. The number of pyridine rings is 1. The number of aliphatic hydroxyl groups is 1. The standard InChI is InChI=1S/C55H62Br2N4O18/c1-29-51-38(61-12-14-75-53(71-3)52(61)79-51)22-42(77-29)78-40-24-55(69,23-37-44(40)50(67)46-45(48(37)65)47(64)36-5-4-6-39(70-2)43(36)49(46)66)54(68)60-76-28-31-9-7-30(8-10-31)19-34(62)27-58-41(63)11-13-72-15-16-73-17-18-74-35-20-32(25-56)59-33(21-35)26-57/h4-10,20-21,29,38,40,42,51-53,65,67,69H,11-19,22-28H2,1-3H3,(H,58,63)(H,60,68)/t29-,38-,40-,42-,51+,52+,53-,55-/m0/s1. The van der Waals surface area contributed by atoms with Crippen molar-refractivity contribution in [3.63, 3.8) is 0 Å². The summed E-state index contributed by atoms with van der Waals surface area (Å²) in [5.74, 6) is -3.72. The van der Waals surface area contributed by atoms with E-state index in [0.29, 0.717) is 60.5 Å². The number of carbonyl (C=O) groups is 5. The number of hydroxylamine groups is 1. The number of alkyl halides is 2. The summed E-state index contributed by atoms with van der Waals surface area (Å²) in [6, 6.07) is 14.7. The van der Waals surface area contributed by atoms with E-state index in [1.165, 1.54) is 32.4 Å². The molecule has 4 heterocycles. The number of nitrogens with one attached hydrogen (secondary N) is 2. The lowest BCUT2D eigenvalue weighted by Gasteiger charge is -2.43. The number of Topliss-reactive ketones (excluding diaryl/α,β-unsaturated/α-hetero) is 1. The SMILES string of the molecule is COc1cccc2c1C(=O)c1c(O)c3c(c(O)c1C2=O)C[C@@](O)(C(=O)NOCc1ccc(CC(=O)CNC(=O)CCOCCOCCOc2cc(CBr)nc(CBr)c2)cc1)C[C@@H]3O[C@H]1C[C@H]2[C@H](O[C@@H]3[C@@H](OC)OCCN32)[C@H](C)O1. The summed E-state index contributed by atoms with van der Waals surface area (Å²) >= 11 is 6.82. The monoisotopic (exact) mass is 1220 g/mol. The van der Waals surface area contributed by atoms with Gasteiger partial charge in [0.15, 0.2) is 36.0 Å². The Kier molecular flexibility index (Phi) is 19.1. The molecule has 5 N–H and O–H groups in total. The van der Waals surface area contributed by atoms with Crippen LogP contribution >= 0.6 is 31.9 Å². The number of morpholine rings is 1. The van der Waals surface area contributed by atoms with Crippen LogP contribution in [0, 0.1) is 0 Å². The fourth-order valence-corrected chi connectivity index (χ4v) is 11.2. The predicted octanol–water partition coefficient (Wildman–Crippen LogP) is 4.31. The van der Waals surface area contributed by atoms with Crippen molar-refractivity contribution in [3.8, 4) is 23.0 Å². The van der Waals surface area contributed by atoms with Crippen molar-refractivity contribution in [2.24, 2.45) is 0 Å². The fourth-order valence-electron chi connectivity index (χ4n) is 10.7. The summed E-state index contributed by atoms with van der Waals surface area (Å²) in [5, 5.41) is 40.3. The average Bonchev–Trinajstić information content (AvgIpc) is 3.50. The minimum Gasteiger partial charge on any atom is -0.507 e. The second-order valence-corrected chi connectivity index (χ2v) is 20.7. The molecule has 0 radical (unpaired) electrons. The van der Waals surface area contributed by atoms with E-state index in [0.717, 1.165) is 11.4 Å². The molecule has 5 aliphatic rings. The maximum atomic E-state index is 14.3. The zero-order valence-corrected chi connectivity index (χ0v) is 46.8. The third-order valence-electron chi connectivity index (χ3n) is 14.4. The van der Waals surface area contributed by atoms with Crippen molar-refractivity contribution >= 4 is 61.0 Å². The molecule has 2 amide bonds. The van der Waals surface area contributed by atoms with Crippen LogP contribution in [0.15, 0.2) is 54.6 Å². The molecule has 8 atom stereocenters. The number of ketones is 3. The Morgan fingerprint density at radius 2 is 1.59 bits per heavy atom. The van der Waals surface area contributed by atoms with Gasteiger partial charge in [0.1, 0.15) is 35.7 Å². The molecule has 4 aromatic rings. The first-order valence-corrected chi connectivity index (χ1v) is 28.0. The first-order chi connectivity index (χ1) is 38.1. The van der Waals surface area contributed by atoms with Crippen molar-refractivity contribution in [2.75, 3.05) is 67.0 Å². The largest absolute Gasteiger partial charge is 0.507 e. The third kappa shape index (κ3) is 12.9. The van der Waals surface area contributed by atoms with Gasteiger partial charge in [-0.15, -0.1) is 0 Å². The molecule has 22 nitrogen and oxygen atoms in total. The van der Waals surface area contributed by atoms with E-state index < -0.39 is 95.7 Å². The van der Waals surface area contributed by atoms with Gasteiger partial charge in [-0.05, 0) is 24.1 Å². The van der Waals surface area contributed by atoms with E-state index in [-0.39, 0.29) is 91.4 Å². The van der Waals surface area contributed by atoms with Gasteiger partial charge in [-0.3, -0.25) is 38.7 Å². The number of hydrogen-bond donors (Lipinski definition) is 5. The number of phenolic OH excluding ortho intramolecular Hbond substituents is 2. The number of nitrogens with zero attached hydrogens (tertiary/aromatic N) is 2. The molecule has 3 aromatic carbocycles. The number of rotatable bonds is 24. The summed E-state index contributed by atoms with van der Waals surface area (Å²) in [6.07, 6.45) is -5.28. The highest BCUT2D eigenvalue weighted by molar-refractivity contribution is 9.08. The minimum atomic E-state index is -2.38. The molecule has 0 spiro atoms. The first kappa shape index (κ1) is 58.2. The first-order valence-electron chi connectivity index (χ1n) is 25.8. The minimum absolute atomic E-state index is 0.0396. The Morgan fingerprint density at radius 1 is 0.886 bits per heavy atom. The smallest absolute Gasteiger partial charge is 0.275 e. The molecule has 9 rings (SSSR count). The van der Waals surface area contributed by atoms with E-state index in [9.17, 15) is 39.3 Å². The lowest BCUT2D eigenvalue weighted by atomic mass is 9.72. The van der Waals surface area contributed by atoms with Gasteiger partial charge >= 0.3 is 0 Å². The number of benzene rings is 3. The van der Waals surface area contributed by atoms with Crippen molar-refractivity contribution in [1.82, 2.24) is 20.7 Å². The van der Waals surface area contributed by atoms with E-state index in [1.54, 1.807) is 24.3 Å².